The summed E-state index contributed by atoms with van der Waals surface area (Å²) in [5, 5.41) is 17.8. The van der Waals surface area contributed by atoms with Crippen molar-refractivity contribution in [3.05, 3.63) is 18.6 Å². The van der Waals surface area contributed by atoms with Crippen molar-refractivity contribution in [1.29, 1.82) is 0 Å². The van der Waals surface area contributed by atoms with Gasteiger partial charge in [-0.2, -0.15) is 8.78 Å². The second-order valence-electron chi connectivity index (χ2n) is 7.59. The number of aliphatic carboxylic acids is 1. The molecule has 0 aromatic carbocycles. The molecule has 6 heteroatoms. The number of unbranched alkanes of at least 4 members (excludes halogenated alkanes) is 5. The first-order valence-corrected chi connectivity index (χ1v) is 10.1. The first kappa shape index (κ1) is 23.7. The summed E-state index contributed by atoms with van der Waals surface area (Å²) in [5.41, 5.74) is -1.30. The molecule has 0 spiro atoms. The van der Waals surface area contributed by atoms with E-state index in [-0.39, 0.29) is 31.5 Å². The number of halogens is 2. The number of allylic oxidation sites excluding steroid dienone is 2. The van der Waals surface area contributed by atoms with E-state index in [1.807, 2.05) is 0 Å². The summed E-state index contributed by atoms with van der Waals surface area (Å²) in [4.78, 5) is 22.8. The summed E-state index contributed by atoms with van der Waals surface area (Å²) < 4.78 is 27.7. The van der Waals surface area contributed by atoms with Crippen LogP contribution in [0.3, 0.4) is 0 Å². The van der Waals surface area contributed by atoms with Crippen LogP contribution in [0.5, 0.6) is 0 Å². The molecule has 1 unspecified atom stereocenters. The number of carbonyl (C=O) groups is 2. The normalized spacial score (nSPS) is 24.2. The summed E-state index contributed by atoms with van der Waals surface area (Å²) in [6, 6.07) is 0. The standard InChI is InChI=1S/C21H33F2O4/c1-2-3-4-5-6-10-14-21(20(22)23)15-13-17(24)16(21)11-8-7-9-12-18(25)19(26)27/h7-8,16,18,25H,2-6,9-15H2,1H3,(H,26,27)/t16-,18?,21+/m0/s1. The van der Waals surface area contributed by atoms with E-state index in [1.165, 1.54) is 0 Å². The number of aliphatic hydroxyl groups excluding tert-OH is 1. The number of carboxylic acids is 1. The van der Waals surface area contributed by atoms with Crippen LogP contribution in [-0.4, -0.2) is 28.1 Å². The lowest BCUT2D eigenvalue weighted by Crippen LogP contribution is -2.31. The molecule has 1 aliphatic rings. The maximum absolute atomic E-state index is 13.9. The van der Waals surface area contributed by atoms with Crippen molar-refractivity contribution in [2.24, 2.45) is 11.3 Å². The molecular weight excluding hydrogens is 354 g/mol. The minimum absolute atomic E-state index is 0.0664. The number of Topliss-reactive ketones (excluding diaryl/α,β-unsaturated/α-hetero) is 1. The van der Waals surface area contributed by atoms with Gasteiger partial charge in [0.1, 0.15) is 5.78 Å². The highest BCUT2D eigenvalue weighted by Gasteiger charge is 2.54. The molecule has 1 aliphatic carbocycles. The molecule has 0 saturated heterocycles. The molecule has 2 N–H and O–H groups in total. The summed E-state index contributed by atoms with van der Waals surface area (Å²) in [6.45, 7) is 2.13. The summed E-state index contributed by atoms with van der Waals surface area (Å²) in [7, 11) is 0. The molecule has 4 nitrogen and oxygen atoms in total. The van der Waals surface area contributed by atoms with E-state index in [9.17, 15) is 23.5 Å². The fourth-order valence-electron chi connectivity index (χ4n) is 3.93. The van der Waals surface area contributed by atoms with Gasteiger partial charge in [0.15, 0.2) is 6.10 Å². The van der Waals surface area contributed by atoms with Crippen molar-refractivity contribution in [2.45, 2.75) is 90.1 Å². The van der Waals surface area contributed by atoms with Gasteiger partial charge in [0.25, 0.3) is 0 Å². The van der Waals surface area contributed by atoms with E-state index < -0.39 is 29.8 Å². The zero-order chi connectivity index (χ0) is 20.3. The van der Waals surface area contributed by atoms with Crippen LogP contribution >= 0.6 is 0 Å². The lowest BCUT2D eigenvalue weighted by molar-refractivity contribution is -0.146. The molecule has 0 amide bonds. The average molecular weight is 387 g/mol. The van der Waals surface area contributed by atoms with E-state index in [0.29, 0.717) is 19.3 Å². The second-order valence-corrected chi connectivity index (χ2v) is 7.59. The van der Waals surface area contributed by atoms with Crippen molar-refractivity contribution in [2.75, 3.05) is 0 Å². The maximum Gasteiger partial charge on any atom is 0.332 e. The maximum atomic E-state index is 13.9. The van der Waals surface area contributed by atoms with E-state index in [4.69, 9.17) is 5.11 Å². The molecule has 0 bridgehead atoms. The Bertz CT molecular complexity index is 493. The number of ketones is 1. The third-order valence-electron chi connectivity index (χ3n) is 5.66. The first-order chi connectivity index (χ1) is 12.8. The highest BCUT2D eigenvalue weighted by molar-refractivity contribution is 5.84. The monoisotopic (exact) mass is 387 g/mol. The lowest BCUT2D eigenvalue weighted by Gasteiger charge is -2.32. The number of hydrogen-bond donors (Lipinski definition) is 2. The quantitative estimate of drug-likeness (QED) is 0.313. The molecule has 155 valence electrons. The SMILES string of the molecule is CCCCCCCC[C@@]1([C](F)F)CCC(=O)[C@@H]1CC=CCCC(O)C(=O)O. The van der Waals surface area contributed by atoms with Crippen LogP contribution in [0.15, 0.2) is 12.2 Å². The fourth-order valence-corrected chi connectivity index (χ4v) is 3.93. The van der Waals surface area contributed by atoms with E-state index in [2.05, 4.69) is 6.92 Å². The van der Waals surface area contributed by atoms with Gasteiger partial charge < -0.3 is 10.2 Å². The van der Waals surface area contributed by atoms with Crippen LogP contribution in [0.4, 0.5) is 8.78 Å². The predicted octanol–water partition coefficient (Wildman–Crippen LogP) is 5.30. The molecule has 0 aromatic heterocycles. The van der Waals surface area contributed by atoms with Crippen molar-refractivity contribution in [1.82, 2.24) is 0 Å². The van der Waals surface area contributed by atoms with Crippen LogP contribution in [0, 0.1) is 17.8 Å². The Morgan fingerprint density at radius 3 is 2.52 bits per heavy atom. The second kappa shape index (κ2) is 12.2. The fraction of sp³-hybridized carbons (Fsp3) is 0.762. The molecule has 1 rings (SSSR count). The molecule has 1 fully saturated rings. The largest absolute Gasteiger partial charge is 0.479 e. The Hall–Kier alpha value is -1.30. The smallest absolute Gasteiger partial charge is 0.332 e. The molecular formula is C21H33F2O4. The average Bonchev–Trinajstić information content (AvgIpc) is 2.94. The zero-order valence-electron chi connectivity index (χ0n) is 16.3. The minimum atomic E-state index is -1.62. The van der Waals surface area contributed by atoms with Crippen LogP contribution in [0.2, 0.25) is 0 Å². The summed E-state index contributed by atoms with van der Waals surface area (Å²) in [5.74, 6) is -2.08. The van der Waals surface area contributed by atoms with Crippen LogP contribution < -0.4 is 0 Å². The van der Waals surface area contributed by atoms with Crippen LogP contribution in [-0.2, 0) is 9.59 Å². The van der Waals surface area contributed by atoms with Crippen molar-refractivity contribution >= 4 is 11.8 Å². The van der Waals surface area contributed by atoms with Gasteiger partial charge >= 0.3 is 12.4 Å². The number of hydrogen-bond acceptors (Lipinski definition) is 3. The van der Waals surface area contributed by atoms with E-state index in [0.717, 1.165) is 32.1 Å². The van der Waals surface area contributed by atoms with Crippen LogP contribution in [0.1, 0.15) is 84.0 Å². The molecule has 0 aliphatic heterocycles. The van der Waals surface area contributed by atoms with Gasteiger partial charge in [0, 0.05) is 12.3 Å². The summed E-state index contributed by atoms with van der Waals surface area (Å²) >= 11 is 0. The predicted molar refractivity (Wildman–Crippen MR) is 100 cm³/mol. The highest BCUT2D eigenvalue weighted by Crippen LogP contribution is 2.54. The van der Waals surface area contributed by atoms with Crippen molar-refractivity contribution in [3.63, 3.8) is 0 Å². The number of aliphatic hydroxyl groups is 1. The van der Waals surface area contributed by atoms with Gasteiger partial charge in [-0.15, -0.1) is 0 Å². The third kappa shape index (κ3) is 7.32. The number of carboxylic acid groups (broad SMARTS) is 1. The van der Waals surface area contributed by atoms with Gasteiger partial charge in [-0.25, -0.2) is 4.79 Å². The minimum Gasteiger partial charge on any atom is -0.479 e. The molecule has 0 aromatic rings. The molecule has 0 heterocycles. The Morgan fingerprint density at radius 1 is 1.22 bits per heavy atom. The van der Waals surface area contributed by atoms with Crippen LogP contribution in [0.25, 0.3) is 0 Å². The molecule has 27 heavy (non-hydrogen) atoms. The number of rotatable bonds is 14. The van der Waals surface area contributed by atoms with Crippen molar-refractivity contribution < 1.29 is 28.6 Å². The zero-order valence-corrected chi connectivity index (χ0v) is 16.3. The Morgan fingerprint density at radius 2 is 1.89 bits per heavy atom. The Kier molecular flexibility index (Phi) is 10.7. The topological polar surface area (TPSA) is 74.6 Å². The first-order valence-electron chi connectivity index (χ1n) is 10.1. The molecule has 3 atom stereocenters. The van der Waals surface area contributed by atoms with Gasteiger partial charge in [-0.3, -0.25) is 4.79 Å². The lowest BCUT2D eigenvalue weighted by atomic mass is 9.72. The molecule has 1 saturated carbocycles. The molecule has 1 radical (unpaired) electrons. The number of carbonyl (C=O) groups excluding carboxylic acids is 1. The van der Waals surface area contributed by atoms with Crippen molar-refractivity contribution in [3.8, 4) is 0 Å². The van der Waals surface area contributed by atoms with Gasteiger partial charge in [0.05, 0.1) is 5.41 Å². The van der Waals surface area contributed by atoms with Gasteiger partial charge in [-0.05, 0) is 32.1 Å². The summed E-state index contributed by atoms with van der Waals surface area (Å²) in [6.07, 6.45) is 7.82. The Labute approximate surface area is 161 Å². The highest BCUT2D eigenvalue weighted by atomic mass is 19.3. The Balaban J connectivity index is 2.57. The van der Waals surface area contributed by atoms with E-state index >= 15 is 0 Å². The van der Waals surface area contributed by atoms with E-state index in [1.54, 1.807) is 12.2 Å². The van der Waals surface area contributed by atoms with Gasteiger partial charge in [-0.1, -0.05) is 57.6 Å². The van der Waals surface area contributed by atoms with Gasteiger partial charge in [0.2, 0.25) is 0 Å². The third-order valence-corrected chi connectivity index (χ3v) is 5.66.